The number of carboxylic acid groups (broad SMARTS) is 1. The molecule has 2 aromatic carbocycles. The molecular weight excluding hydrogens is 492 g/mol. The first kappa shape index (κ1) is 35.2. The lowest BCUT2D eigenvalue weighted by atomic mass is 10.1. The highest BCUT2D eigenvalue weighted by Crippen LogP contribution is 2.15. The van der Waals surface area contributed by atoms with E-state index < -0.39 is 17.9 Å². The summed E-state index contributed by atoms with van der Waals surface area (Å²) in [6.45, 7) is 15.1. The third-order valence-corrected chi connectivity index (χ3v) is 5.86. The zero-order chi connectivity index (χ0) is 29.8. The van der Waals surface area contributed by atoms with Gasteiger partial charge in [-0.15, -0.1) is 0 Å². The fourth-order valence-corrected chi connectivity index (χ4v) is 3.56. The van der Waals surface area contributed by atoms with Crippen LogP contribution in [0.25, 0.3) is 10.8 Å². The molecular formula is C31H46N4O4. The van der Waals surface area contributed by atoms with Crippen LogP contribution in [0.2, 0.25) is 0 Å². The van der Waals surface area contributed by atoms with Crippen molar-refractivity contribution in [1.29, 1.82) is 0 Å². The first-order valence-electron chi connectivity index (χ1n) is 13.3. The van der Waals surface area contributed by atoms with Crippen LogP contribution in [0, 0.1) is 6.92 Å². The fraction of sp³-hybridized carbons (Fsp3) is 0.419. The molecule has 1 amide bonds. The van der Waals surface area contributed by atoms with Crippen LogP contribution in [0.5, 0.6) is 0 Å². The lowest BCUT2D eigenvalue weighted by Crippen LogP contribution is -2.56. The molecule has 1 saturated heterocycles. The number of nitrogens with zero attached hydrogens (tertiary/aromatic N) is 3. The number of aliphatic carboxylic acids is 1. The van der Waals surface area contributed by atoms with Gasteiger partial charge in [0.1, 0.15) is 18.1 Å². The monoisotopic (exact) mass is 538 g/mol. The second kappa shape index (κ2) is 20.2. The van der Waals surface area contributed by atoms with Crippen LogP contribution >= 0.6 is 0 Å². The van der Waals surface area contributed by atoms with Crippen LogP contribution in [0.1, 0.15) is 52.5 Å². The maximum Gasteiger partial charge on any atom is 0.336 e. The molecule has 0 bridgehead atoms. The number of piperazine rings is 1. The van der Waals surface area contributed by atoms with Gasteiger partial charge in [0.05, 0.1) is 5.57 Å². The second-order valence-electron chi connectivity index (χ2n) is 9.01. The molecule has 1 heterocycles. The van der Waals surface area contributed by atoms with Gasteiger partial charge < -0.3 is 20.5 Å². The minimum Gasteiger partial charge on any atom is -0.478 e. The van der Waals surface area contributed by atoms with E-state index in [9.17, 15) is 9.59 Å². The summed E-state index contributed by atoms with van der Waals surface area (Å²) >= 11 is 0. The summed E-state index contributed by atoms with van der Waals surface area (Å²) < 4.78 is 0. The van der Waals surface area contributed by atoms with Gasteiger partial charge in [0.2, 0.25) is 5.91 Å². The zero-order valence-electron chi connectivity index (χ0n) is 24.4. The molecule has 0 radical (unpaired) electrons. The van der Waals surface area contributed by atoms with Crippen LogP contribution in [0.3, 0.4) is 0 Å². The Morgan fingerprint density at radius 1 is 1.10 bits per heavy atom. The van der Waals surface area contributed by atoms with Crippen molar-refractivity contribution in [2.75, 3.05) is 26.7 Å². The molecule has 1 aliphatic rings. The number of allylic oxidation sites excluding steroid dienone is 1. The molecule has 3 rings (SSSR count). The summed E-state index contributed by atoms with van der Waals surface area (Å²) in [4.78, 5) is 38.7. The number of hydrogen-bond donors (Lipinski definition) is 2. The standard InChI is InChI=1S/C13H20N4O3.C11H10.C5H12.C2H4O/c1-4-10(13(19)20)7-15-9(2)17-6-5-16(3)11(8-17)12(14)18;1-9-6-7-10-4-2-3-5-11(10)8-9;1-3-5-4-2;1-2-3/h4,7,11H,2,5-6,8H2,1,3H3,(H2,14,18)(H,19,20);2-8H,1H3;3-5H2,1-2H3;2H,1H3/b10-4+,15-7-;;;. The van der Waals surface area contributed by atoms with E-state index in [4.69, 9.17) is 15.6 Å². The van der Waals surface area contributed by atoms with E-state index in [1.807, 2.05) is 16.8 Å². The van der Waals surface area contributed by atoms with E-state index in [0.717, 1.165) is 6.29 Å². The van der Waals surface area contributed by atoms with E-state index in [1.165, 1.54) is 54.8 Å². The number of aryl methyl sites for hydroxylation is 1. The van der Waals surface area contributed by atoms with Crippen molar-refractivity contribution < 1.29 is 19.5 Å². The van der Waals surface area contributed by atoms with Gasteiger partial charge in [-0.05, 0) is 38.6 Å². The number of unbranched alkanes of at least 4 members (excludes halogenated alkanes) is 2. The molecule has 0 saturated carbocycles. The number of aliphatic imine (C=N–C) groups is 1. The van der Waals surface area contributed by atoms with Gasteiger partial charge in [-0.25, -0.2) is 9.79 Å². The molecule has 1 atom stereocenters. The van der Waals surface area contributed by atoms with Gasteiger partial charge in [-0.1, -0.05) is 93.8 Å². The Bertz CT molecular complexity index is 1110. The van der Waals surface area contributed by atoms with Crippen molar-refractivity contribution in [2.45, 2.75) is 59.9 Å². The number of nitrogens with two attached hydrogens (primary N) is 1. The van der Waals surface area contributed by atoms with E-state index in [0.29, 0.717) is 25.5 Å². The number of fused-ring (bicyclic) bond motifs is 1. The lowest BCUT2D eigenvalue weighted by Gasteiger charge is -2.38. The number of likely N-dealkylation sites (N-methyl/N-ethyl adjacent to an activating group) is 1. The highest BCUT2D eigenvalue weighted by Gasteiger charge is 2.28. The molecule has 1 unspecified atom stereocenters. The van der Waals surface area contributed by atoms with Gasteiger partial charge in [-0.2, -0.15) is 0 Å². The Hall–Kier alpha value is -3.78. The Kier molecular flexibility index (Phi) is 18.3. The number of carboxylic acids is 1. The van der Waals surface area contributed by atoms with E-state index >= 15 is 0 Å². The highest BCUT2D eigenvalue weighted by molar-refractivity contribution is 6.08. The Balaban J connectivity index is 0.000000629. The highest BCUT2D eigenvalue weighted by atomic mass is 16.4. The summed E-state index contributed by atoms with van der Waals surface area (Å²) in [6.07, 6.45) is 7.53. The van der Waals surface area contributed by atoms with Crippen LogP contribution in [0.4, 0.5) is 0 Å². The van der Waals surface area contributed by atoms with E-state index in [2.05, 4.69) is 74.8 Å². The molecule has 8 heteroatoms. The van der Waals surface area contributed by atoms with Gasteiger partial charge in [0.15, 0.2) is 0 Å². The molecule has 0 spiro atoms. The van der Waals surface area contributed by atoms with E-state index in [-0.39, 0.29) is 5.57 Å². The predicted octanol–water partition coefficient (Wildman–Crippen LogP) is 5.21. The van der Waals surface area contributed by atoms with Crippen molar-refractivity contribution in [2.24, 2.45) is 10.7 Å². The minimum absolute atomic E-state index is 0.0896. The zero-order valence-corrected chi connectivity index (χ0v) is 24.4. The number of rotatable bonds is 7. The lowest BCUT2D eigenvalue weighted by molar-refractivity contribution is -0.132. The van der Waals surface area contributed by atoms with Crippen LogP contribution in [-0.2, 0) is 14.4 Å². The fourth-order valence-electron chi connectivity index (χ4n) is 3.56. The summed E-state index contributed by atoms with van der Waals surface area (Å²) in [6, 6.07) is 14.5. The van der Waals surface area contributed by atoms with Gasteiger partial charge in [0.25, 0.3) is 0 Å². The molecule has 3 N–H and O–H groups in total. The summed E-state index contributed by atoms with van der Waals surface area (Å²) in [5.74, 6) is -1.02. The average molecular weight is 539 g/mol. The molecule has 8 nitrogen and oxygen atoms in total. The van der Waals surface area contributed by atoms with Crippen LogP contribution < -0.4 is 5.73 Å². The molecule has 1 fully saturated rings. The maximum absolute atomic E-state index is 11.3. The number of carbonyl (C=O) groups is 3. The van der Waals surface area contributed by atoms with Gasteiger partial charge in [-0.3, -0.25) is 9.69 Å². The van der Waals surface area contributed by atoms with Crippen LogP contribution in [-0.4, -0.2) is 72.0 Å². The number of primary amides is 1. The molecule has 39 heavy (non-hydrogen) atoms. The van der Waals surface area contributed by atoms with Crippen LogP contribution in [0.15, 0.2) is 71.5 Å². The molecule has 0 aliphatic carbocycles. The third-order valence-electron chi connectivity index (χ3n) is 5.86. The number of aldehydes is 1. The normalized spacial score (nSPS) is 15.2. The Morgan fingerprint density at radius 2 is 1.69 bits per heavy atom. The van der Waals surface area contributed by atoms with E-state index in [1.54, 1.807) is 6.92 Å². The van der Waals surface area contributed by atoms with Crippen molar-refractivity contribution in [3.63, 3.8) is 0 Å². The topological polar surface area (TPSA) is 116 Å². The second-order valence-corrected chi connectivity index (χ2v) is 9.01. The minimum atomic E-state index is -1.04. The molecule has 2 aromatic rings. The van der Waals surface area contributed by atoms with Crippen molar-refractivity contribution in [1.82, 2.24) is 9.80 Å². The van der Waals surface area contributed by atoms with Crippen molar-refractivity contribution in [3.8, 4) is 0 Å². The predicted molar refractivity (Wildman–Crippen MR) is 162 cm³/mol. The summed E-state index contributed by atoms with van der Waals surface area (Å²) in [7, 11) is 1.83. The van der Waals surface area contributed by atoms with Gasteiger partial charge >= 0.3 is 5.97 Å². The number of benzene rings is 2. The SMILES string of the molecule is C=C(/N=C\C(=C/C)C(=O)O)N1CCN(C)C(C(N)=O)C1.CC=O.CCCCC.Cc1ccc2ccccc2c1. The Labute approximate surface area is 233 Å². The van der Waals surface area contributed by atoms with Gasteiger partial charge in [0, 0.05) is 25.8 Å². The maximum atomic E-state index is 11.3. The number of hydrogen-bond acceptors (Lipinski definition) is 6. The molecule has 1 aliphatic heterocycles. The first-order valence-corrected chi connectivity index (χ1v) is 13.3. The average Bonchev–Trinajstić information content (AvgIpc) is 2.90. The number of amides is 1. The quantitative estimate of drug-likeness (QED) is 0.284. The summed E-state index contributed by atoms with van der Waals surface area (Å²) in [5.41, 5.74) is 6.75. The third kappa shape index (κ3) is 14.1. The number of carbonyl (C=O) groups excluding carboxylic acids is 2. The largest absolute Gasteiger partial charge is 0.478 e. The van der Waals surface area contributed by atoms with Crippen molar-refractivity contribution in [3.05, 3.63) is 72.1 Å². The molecule has 214 valence electrons. The Morgan fingerprint density at radius 3 is 2.18 bits per heavy atom. The first-order chi connectivity index (χ1) is 18.6. The summed E-state index contributed by atoms with van der Waals surface area (Å²) in [5, 5.41) is 11.5. The van der Waals surface area contributed by atoms with Crippen molar-refractivity contribution >= 4 is 35.1 Å². The molecule has 0 aromatic heterocycles. The smallest absolute Gasteiger partial charge is 0.336 e.